The first-order chi connectivity index (χ1) is 13.7. The van der Waals surface area contributed by atoms with Crippen molar-refractivity contribution in [2.75, 3.05) is 13.1 Å². The minimum Gasteiger partial charge on any atom is -0.391 e. The standard InChI is InChI=1S/C20H18N6O2/c27-15-9-10-25(11-15)20(28)13-5-7-14(8-6-13)26-12-18(22-24-26)19-16-3-1-2-4-17(16)21-23-19/h1-8,12,15,27H,9-11H2,(H,21,23)/t15-/m0/s1. The fraction of sp³-hybridized carbons (Fsp3) is 0.200. The zero-order valence-corrected chi connectivity index (χ0v) is 15.0. The molecule has 0 bridgehead atoms. The molecule has 2 aromatic carbocycles. The molecular formula is C20H18N6O2. The first-order valence-corrected chi connectivity index (χ1v) is 9.12. The minimum absolute atomic E-state index is 0.0645. The number of aromatic nitrogens is 5. The van der Waals surface area contributed by atoms with Crippen LogP contribution in [0.5, 0.6) is 0 Å². The van der Waals surface area contributed by atoms with Crippen LogP contribution in [-0.4, -0.2) is 60.3 Å². The van der Waals surface area contributed by atoms with Gasteiger partial charge in [-0.05, 0) is 36.8 Å². The van der Waals surface area contributed by atoms with Gasteiger partial charge in [0.05, 0.1) is 23.5 Å². The van der Waals surface area contributed by atoms with E-state index in [9.17, 15) is 9.90 Å². The predicted molar refractivity (Wildman–Crippen MR) is 103 cm³/mol. The van der Waals surface area contributed by atoms with Crippen LogP contribution < -0.4 is 0 Å². The maximum absolute atomic E-state index is 12.5. The highest BCUT2D eigenvalue weighted by atomic mass is 16.3. The SMILES string of the molecule is O=C(c1ccc(-n2cc(-c3n[nH]c4ccccc34)nn2)cc1)N1CC[C@H](O)C1. The number of hydrogen-bond acceptors (Lipinski definition) is 5. The molecule has 0 radical (unpaired) electrons. The van der Waals surface area contributed by atoms with Crippen molar-refractivity contribution in [1.29, 1.82) is 0 Å². The number of H-pyrrole nitrogens is 1. The predicted octanol–water partition coefficient (Wildman–Crippen LogP) is 2.02. The van der Waals surface area contributed by atoms with Gasteiger partial charge in [0.1, 0.15) is 11.4 Å². The second-order valence-corrected chi connectivity index (χ2v) is 6.91. The summed E-state index contributed by atoms with van der Waals surface area (Å²) in [6.07, 6.45) is 2.03. The molecule has 1 amide bonds. The molecule has 1 aliphatic heterocycles. The van der Waals surface area contributed by atoms with E-state index >= 15 is 0 Å². The van der Waals surface area contributed by atoms with Gasteiger partial charge in [0.15, 0.2) is 0 Å². The molecular weight excluding hydrogens is 356 g/mol. The molecule has 140 valence electrons. The van der Waals surface area contributed by atoms with Gasteiger partial charge >= 0.3 is 0 Å². The summed E-state index contributed by atoms with van der Waals surface area (Å²) >= 11 is 0. The normalized spacial score (nSPS) is 16.8. The van der Waals surface area contributed by atoms with E-state index in [-0.39, 0.29) is 5.91 Å². The van der Waals surface area contributed by atoms with E-state index in [0.29, 0.717) is 30.8 Å². The van der Waals surface area contributed by atoms with Gasteiger partial charge in [0, 0.05) is 24.0 Å². The monoisotopic (exact) mass is 374 g/mol. The van der Waals surface area contributed by atoms with Crippen molar-refractivity contribution in [3.05, 3.63) is 60.3 Å². The summed E-state index contributed by atoms with van der Waals surface area (Å²) in [6, 6.07) is 15.1. The summed E-state index contributed by atoms with van der Waals surface area (Å²) in [7, 11) is 0. The second kappa shape index (κ2) is 6.58. The summed E-state index contributed by atoms with van der Waals surface area (Å²) in [4.78, 5) is 14.2. The highest BCUT2D eigenvalue weighted by Crippen LogP contribution is 2.24. The Morgan fingerprint density at radius 3 is 2.75 bits per heavy atom. The third-order valence-corrected chi connectivity index (χ3v) is 5.04. The zero-order valence-electron chi connectivity index (χ0n) is 15.0. The fourth-order valence-corrected chi connectivity index (χ4v) is 3.52. The number of amides is 1. The number of rotatable bonds is 3. The molecule has 2 N–H and O–H groups in total. The van der Waals surface area contributed by atoms with E-state index in [1.807, 2.05) is 42.6 Å². The topological polar surface area (TPSA) is 99.9 Å². The molecule has 1 fully saturated rings. The van der Waals surface area contributed by atoms with Crippen LogP contribution in [0.2, 0.25) is 0 Å². The summed E-state index contributed by atoms with van der Waals surface area (Å²) in [5, 5.41) is 26.4. The van der Waals surface area contributed by atoms with Gasteiger partial charge in [-0.1, -0.05) is 23.4 Å². The third kappa shape index (κ3) is 2.84. The number of aliphatic hydroxyl groups is 1. The number of fused-ring (bicyclic) bond motifs is 1. The lowest BCUT2D eigenvalue weighted by Gasteiger charge is -2.15. The Bertz CT molecular complexity index is 1150. The molecule has 1 saturated heterocycles. The third-order valence-electron chi connectivity index (χ3n) is 5.04. The first-order valence-electron chi connectivity index (χ1n) is 9.12. The number of aliphatic hydroxyl groups excluding tert-OH is 1. The molecule has 0 aliphatic carbocycles. The average Bonchev–Trinajstić information content (AvgIpc) is 3.46. The Hall–Kier alpha value is -3.52. The van der Waals surface area contributed by atoms with Gasteiger partial charge < -0.3 is 10.0 Å². The Labute approximate surface area is 160 Å². The minimum atomic E-state index is -0.421. The maximum atomic E-state index is 12.5. The first kappa shape index (κ1) is 16.6. The number of para-hydroxylation sites is 1. The maximum Gasteiger partial charge on any atom is 0.253 e. The van der Waals surface area contributed by atoms with Crippen molar-refractivity contribution < 1.29 is 9.90 Å². The number of nitrogens with zero attached hydrogens (tertiary/aromatic N) is 5. The van der Waals surface area contributed by atoms with Gasteiger partial charge in [0.25, 0.3) is 5.91 Å². The van der Waals surface area contributed by atoms with Gasteiger partial charge in [-0.25, -0.2) is 4.68 Å². The highest BCUT2D eigenvalue weighted by molar-refractivity contribution is 5.94. The van der Waals surface area contributed by atoms with Crippen molar-refractivity contribution in [2.24, 2.45) is 0 Å². The van der Waals surface area contributed by atoms with E-state index in [4.69, 9.17) is 0 Å². The lowest BCUT2D eigenvalue weighted by molar-refractivity contribution is 0.0765. The van der Waals surface area contributed by atoms with Crippen LogP contribution in [0.3, 0.4) is 0 Å². The Morgan fingerprint density at radius 1 is 1.14 bits per heavy atom. The van der Waals surface area contributed by atoms with Crippen LogP contribution in [-0.2, 0) is 0 Å². The molecule has 1 atom stereocenters. The molecule has 8 nitrogen and oxygen atoms in total. The van der Waals surface area contributed by atoms with Crippen LogP contribution in [0, 0.1) is 0 Å². The zero-order chi connectivity index (χ0) is 19.1. The lowest BCUT2D eigenvalue weighted by atomic mass is 10.1. The number of hydrogen-bond donors (Lipinski definition) is 2. The number of aromatic amines is 1. The number of carbonyl (C=O) groups is 1. The van der Waals surface area contributed by atoms with Crippen molar-refractivity contribution in [3.8, 4) is 17.1 Å². The largest absolute Gasteiger partial charge is 0.391 e. The molecule has 0 saturated carbocycles. The Morgan fingerprint density at radius 2 is 1.96 bits per heavy atom. The van der Waals surface area contributed by atoms with E-state index < -0.39 is 6.10 Å². The fourth-order valence-electron chi connectivity index (χ4n) is 3.52. The van der Waals surface area contributed by atoms with Crippen LogP contribution in [0.1, 0.15) is 16.8 Å². The summed E-state index contributed by atoms with van der Waals surface area (Å²) in [6.45, 7) is 0.983. The van der Waals surface area contributed by atoms with Gasteiger partial charge in [-0.3, -0.25) is 9.89 Å². The summed E-state index contributed by atoms with van der Waals surface area (Å²) < 4.78 is 1.66. The quantitative estimate of drug-likeness (QED) is 0.571. The van der Waals surface area contributed by atoms with E-state index in [1.54, 1.807) is 21.7 Å². The van der Waals surface area contributed by atoms with Crippen LogP contribution in [0.15, 0.2) is 54.7 Å². The smallest absolute Gasteiger partial charge is 0.253 e. The highest BCUT2D eigenvalue weighted by Gasteiger charge is 2.25. The van der Waals surface area contributed by atoms with E-state index in [2.05, 4.69) is 20.5 Å². The van der Waals surface area contributed by atoms with Crippen molar-refractivity contribution in [2.45, 2.75) is 12.5 Å². The molecule has 5 rings (SSSR count). The molecule has 4 aromatic rings. The molecule has 0 spiro atoms. The number of carbonyl (C=O) groups excluding carboxylic acids is 1. The number of likely N-dealkylation sites (tertiary alicyclic amines) is 1. The van der Waals surface area contributed by atoms with Crippen LogP contribution in [0.4, 0.5) is 0 Å². The van der Waals surface area contributed by atoms with Crippen LogP contribution >= 0.6 is 0 Å². The van der Waals surface area contributed by atoms with Gasteiger partial charge in [-0.2, -0.15) is 5.10 Å². The van der Waals surface area contributed by atoms with Crippen LogP contribution in [0.25, 0.3) is 28.0 Å². The van der Waals surface area contributed by atoms with Crippen molar-refractivity contribution >= 4 is 16.8 Å². The van der Waals surface area contributed by atoms with E-state index in [1.165, 1.54) is 0 Å². The molecule has 8 heteroatoms. The van der Waals surface area contributed by atoms with Gasteiger partial charge in [-0.15, -0.1) is 5.10 Å². The molecule has 3 heterocycles. The molecule has 0 unspecified atom stereocenters. The lowest BCUT2D eigenvalue weighted by Crippen LogP contribution is -2.29. The Kier molecular flexibility index (Phi) is 3.91. The Balaban J connectivity index is 1.39. The molecule has 2 aromatic heterocycles. The number of nitrogens with one attached hydrogen (secondary N) is 1. The molecule has 28 heavy (non-hydrogen) atoms. The summed E-state index contributed by atoms with van der Waals surface area (Å²) in [5.74, 6) is -0.0645. The molecule has 1 aliphatic rings. The van der Waals surface area contributed by atoms with Crippen molar-refractivity contribution in [1.82, 2.24) is 30.1 Å². The van der Waals surface area contributed by atoms with Gasteiger partial charge in [0.2, 0.25) is 0 Å². The number of benzene rings is 2. The van der Waals surface area contributed by atoms with E-state index in [0.717, 1.165) is 22.3 Å². The van der Waals surface area contributed by atoms with Crippen molar-refractivity contribution in [3.63, 3.8) is 0 Å². The second-order valence-electron chi connectivity index (χ2n) is 6.91. The average molecular weight is 374 g/mol. The summed E-state index contributed by atoms with van der Waals surface area (Å²) in [5.41, 5.74) is 3.76. The number of β-amino-alcohol motifs (C(OH)–C–C–N with tert-alkyl or cyclic N) is 1.